The normalized spacial score (nSPS) is 10.5. The van der Waals surface area contributed by atoms with Gasteiger partial charge in [-0.3, -0.25) is 4.79 Å². The van der Waals surface area contributed by atoms with Crippen molar-refractivity contribution in [1.29, 1.82) is 0 Å². The topological polar surface area (TPSA) is 26.3 Å². The van der Waals surface area contributed by atoms with Gasteiger partial charge in [-0.2, -0.15) is 0 Å². The molecule has 0 radical (unpaired) electrons. The minimum Gasteiger partial charge on any atom is -0.485 e. The second-order valence-electron chi connectivity index (χ2n) is 3.22. The molecule has 0 fully saturated rings. The van der Waals surface area contributed by atoms with E-state index in [1.165, 1.54) is 0 Å². The van der Waals surface area contributed by atoms with Crippen molar-refractivity contribution in [2.75, 3.05) is 6.61 Å². The molecule has 0 saturated heterocycles. The summed E-state index contributed by atoms with van der Waals surface area (Å²) in [6, 6.07) is 7.69. The number of rotatable bonds is 5. The molecule has 0 aliphatic carbocycles. The lowest BCUT2D eigenvalue weighted by Gasteiger charge is -2.07. The molecule has 1 rings (SSSR count). The summed E-state index contributed by atoms with van der Waals surface area (Å²) in [5, 5.41) is 0. The third-order valence-corrected chi connectivity index (χ3v) is 2.05. The minimum atomic E-state index is 0.116. The molecule has 0 N–H and O–H groups in total. The second kappa shape index (κ2) is 6.02. The SMILES string of the molecule is CC=Cc1ccccc1OCC(=O)CC. The van der Waals surface area contributed by atoms with Gasteiger partial charge in [0.1, 0.15) is 12.4 Å². The Balaban J connectivity index is 2.71. The molecule has 0 heterocycles. The number of hydrogen-bond donors (Lipinski definition) is 0. The lowest BCUT2D eigenvalue weighted by molar-refractivity contribution is -0.120. The van der Waals surface area contributed by atoms with Crippen LogP contribution in [0, 0.1) is 0 Å². The van der Waals surface area contributed by atoms with Crippen molar-refractivity contribution in [1.82, 2.24) is 0 Å². The molecule has 0 atom stereocenters. The monoisotopic (exact) mass is 204 g/mol. The van der Waals surface area contributed by atoms with Gasteiger partial charge in [-0.1, -0.05) is 37.3 Å². The molecule has 0 bridgehead atoms. The Morgan fingerprint density at radius 1 is 1.40 bits per heavy atom. The van der Waals surface area contributed by atoms with Crippen LogP contribution in [0.25, 0.3) is 6.08 Å². The molecule has 1 aromatic rings. The van der Waals surface area contributed by atoms with Gasteiger partial charge in [0.05, 0.1) is 0 Å². The summed E-state index contributed by atoms with van der Waals surface area (Å²) >= 11 is 0. The van der Waals surface area contributed by atoms with Gasteiger partial charge in [-0.15, -0.1) is 0 Å². The lowest BCUT2D eigenvalue weighted by atomic mass is 10.2. The van der Waals surface area contributed by atoms with E-state index in [0.29, 0.717) is 6.42 Å². The second-order valence-corrected chi connectivity index (χ2v) is 3.22. The van der Waals surface area contributed by atoms with Crippen molar-refractivity contribution in [3.63, 3.8) is 0 Å². The number of para-hydroxylation sites is 1. The molecule has 15 heavy (non-hydrogen) atoms. The van der Waals surface area contributed by atoms with E-state index in [1.807, 2.05) is 50.3 Å². The van der Waals surface area contributed by atoms with Crippen molar-refractivity contribution >= 4 is 11.9 Å². The Labute approximate surface area is 90.6 Å². The molecule has 0 amide bonds. The van der Waals surface area contributed by atoms with Gasteiger partial charge in [0.25, 0.3) is 0 Å². The van der Waals surface area contributed by atoms with Crippen LogP contribution >= 0.6 is 0 Å². The number of Topliss-reactive ketones (excluding diaryl/α,β-unsaturated/α-hetero) is 1. The highest BCUT2D eigenvalue weighted by Gasteiger charge is 2.02. The van der Waals surface area contributed by atoms with Crippen LogP contribution in [0.5, 0.6) is 5.75 Å². The van der Waals surface area contributed by atoms with E-state index in [1.54, 1.807) is 0 Å². The van der Waals surface area contributed by atoms with E-state index < -0.39 is 0 Å². The summed E-state index contributed by atoms with van der Waals surface area (Å²) in [7, 11) is 0. The number of ether oxygens (including phenoxy) is 1. The first kappa shape index (κ1) is 11.5. The molecule has 0 saturated carbocycles. The highest BCUT2D eigenvalue weighted by molar-refractivity contribution is 5.79. The molecule has 0 unspecified atom stereocenters. The van der Waals surface area contributed by atoms with Crippen LogP contribution in [0.2, 0.25) is 0 Å². The van der Waals surface area contributed by atoms with E-state index in [2.05, 4.69) is 0 Å². The van der Waals surface area contributed by atoms with E-state index in [-0.39, 0.29) is 12.4 Å². The highest BCUT2D eigenvalue weighted by atomic mass is 16.5. The van der Waals surface area contributed by atoms with Crippen molar-refractivity contribution in [3.05, 3.63) is 35.9 Å². The Morgan fingerprint density at radius 2 is 2.13 bits per heavy atom. The molecular formula is C13H16O2. The fourth-order valence-electron chi connectivity index (χ4n) is 1.19. The van der Waals surface area contributed by atoms with Crippen LogP contribution in [0.3, 0.4) is 0 Å². The van der Waals surface area contributed by atoms with Gasteiger partial charge in [-0.05, 0) is 13.0 Å². The zero-order valence-electron chi connectivity index (χ0n) is 9.19. The first-order chi connectivity index (χ1) is 7.27. The zero-order valence-corrected chi connectivity index (χ0v) is 9.19. The average molecular weight is 204 g/mol. The predicted molar refractivity (Wildman–Crippen MR) is 61.9 cm³/mol. The maximum atomic E-state index is 11.1. The predicted octanol–water partition coefficient (Wildman–Crippen LogP) is 3.08. The van der Waals surface area contributed by atoms with Crippen LogP contribution in [0.15, 0.2) is 30.3 Å². The van der Waals surface area contributed by atoms with Crippen LogP contribution in [-0.4, -0.2) is 12.4 Å². The summed E-state index contributed by atoms with van der Waals surface area (Å²) in [4.78, 5) is 11.1. The third kappa shape index (κ3) is 3.58. The summed E-state index contributed by atoms with van der Waals surface area (Å²) in [6.45, 7) is 3.95. The number of allylic oxidation sites excluding steroid dienone is 1. The Morgan fingerprint density at radius 3 is 2.80 bits per heavy atom. The maximum absolute atomic E-state index is 11.1. The van der Waals surface area contributed by atoms with E-state index in [4.69, 9.17) is 4.74 Å². The smallest absolute Gasteiger partial charge is 0.169 e. The standard InChI is InChI=1S/C13H16O2/c1-3-7-11-8-5-6-9-13(11)15-10-12(14)4-2/h3,5-9H,4,10H2,1-2H3. The molecule has 0 aromatic heterocycles. The molecule has 0 aliphatic rings. The average Bonchev–Trinajstić information content (AvgIpc) is 2.28. The first-order valence-electron chi connectivity index (χ1n) is 5.14. The first-order valence-corrected chi connectivity index (χ1v) is 5.14. The van der Waals surface area contributed by atoms with Crippen molar-refractivity contribution < 1.29 is 9.53 Å². The summed E-state index contributed by atoms with van der Waals surface area (Å²) in [5.41, 5.74) is 1.00. The molecule has 1 aromatic carbocycles. The number of hydrogen-bond acceptors (Lipinski definition) is 2. The van der Waals surface area contributed by atoms with Gasteiger partial charge < -0.3 is 4.74 Å². The highest BCUT2D eigenvalue weighted by Crippen LogP contribution is 2.19. The Kier molecular flexibility index (Phi) is 4.61. The minimum absolute atomic E-state index is 0.116. The molecule has 80 valence electrons. The van der Waals surface area contributed by atoms with E-state index in [0.717, 1.165) is 11.3 Å². The molecule has 0 spiro atoms. The molecule has 2 nitrogen and oxygen atoms in total. The van der Waals surface area contributed by atoms with Crippen LogP contribution in [0.1, 0.15) is 25.8 Å². The third-order valence-electron chi connectivity index (χ3n) is 2.05. The quantitative estimate of drug-likeness (QED) is 0.736. The largest absolute Gasteiger partial charge is 0.485 e. The van der Waals surface area contributed by atoms with Crippen LogP contribution in [0.4, 0.5) is 0 Å². The lowest BCUT2D eigenvalue weighted by Crippen LogP contribution is -2.09. The summed E-state index contributed by atoms with van der Waals surface area (Å²) in [5.74, 6) is 0.877. The Bertz CT molecular complexity index is 353. The van der Waals surface area contributed by atoms with Gasteiger partial charge in [-0.25, -0.2) is 0 Å². The van der Waals surface area contributed by atoms with Crippen molar-refractivity contribution in [3.8, 4) is 5.75 Å². The Hall–Kier alpha value is -1.57. The zero-order chi connectivity index (χ0) is 11.1. The van der Waals surface area contributed by atoms with Gasteiger partial charge in [0.15, 0.2) is 5.78 Å². The van der Waals surface area contributed by atoms with Gasteiger partial charge >= 0.3 is 0 Å². The maximum Gasteiger partial charge on any atom is 0.169 e. The van der Waals surface area contributed by atoms with Gasteiger partial charge in [0.2, 0.25) is 0 Å². The van der Waals surface area contributed by atoms with Crippen LogP contribution < -0.4 is 4.74 Å². The molecular weight excluding hydrogens is 188 g/mol. The summed E-state index contributed by atoms with van der Waals surface area (Å²) in [6.07, 6.45) is 4.43. The summed E-state index contributed by atoms with van der Waals surface area (Å²) < 4.78 is 5.44. The fraction of sp³-hybridized carbons (Fsp3) is 0.308. The van der Waals surface area contributed by atoms with Gasteiger partial charge in [0, 0.05) is 12.0 Å². The number of carbonyl (C=O) groups is 1. The molecule has 2 heteroatoms. The van der Waals surface area contributed by atoms with E-state index in [9.17, 15) is 4.79 Å². The van der Waals surface area contributed by atoms with Crippen LogP contribution in [-0.2, 0) is 4.79 Å². The van der Waals surface area contributed by atoms with E-state index >= 15 is 0 Å². The van der Waals surface area contributed by atoms with Crippen molar-refractivity contribution in [2.45, 2.75) is 20.3 Å². The molecule has 0 aliphatic heterocycles. The number of carbonyl (C=O) groups excluding carboxylic acids is 1. The number of benzene rings is 1. The number of ketones is 1. The van der Waals surface area contributed by atoms with Crippen molar-refractivity contribution in [2.24, 2.45) is 0 Å². The fourth-order valence-corrected chi connectivity index (χ4v) is 1.19.